The van der Waals surface area contributed by atoms with E-state index in [9.17, 15) is 14.0 Å². The largest absolute Gasteiger partial charge is 0.466 e. The van der Waals surface area contributed by atoms with Gasteiger partial charge in [0.2, 0.25) is 0 Å². The number of ether oxygens (including phenoxy) is 1. The molecule has 1 fully saturated rings. The standard InChI is InChI=1S/C15H18ClFN2O3/c1-2-22-14(20)8-13-15(21)18-5-6-19(13)9-10-3-4-11(16)12(17)7-10/h3-4,7,13H,2,5-6,8-9H2,1H3,(H,18,21)/p+1. The smallest absolute Gasteiger partial charge is 0.312 e. The van der Waals surface area contributed by atoms with Crippen LogP contribution in [-0.4, -0.2) is 37.6 Å². The molecule has 1 aromatic rings. The predicted molar refractivity (Wildman–Crippen MR) is 79.0 cm³/mol. The van der Waals surface area contributed by atoms with E-state index in [1.54, 1.807) is 13.0 Å². The van der Waals surface area contributed by atoms with Crippen LogP contribution in [0.5, 0.6) is 0 Å². The molecule has 1 aliphatic heterocycles. The minimum absolute atomic E-state index is 0.0189. The maximum absolute atomic E-state index is 13.5. The predicted octanol–water partition coefficient (Wildman–Crippen LogP) is 0.316. The van der Waals surface area contributed by atoms with Gasteiger partial charge < -0.3 is 15.0 Å². The summed E-state index contributed by atoms with van der Waals surface area (Å²) in [5.41, 5.74) is 0.737. The number of quaternary nitrogens is 1. The number of benzene rings is 1. The van der Waals surface area contributed by atoms with Crippen LogP contribution < -0.4 is 10.2 Å². The first-order chi connectivity index (χ1) is 10.5. The summed E-state index contributed by atoms with van der Waals surface area (Å²) >= 11 is 5.67. The van der Waals surface area contributed by atoms with Gasteiger partial charge in [-0.1, -0.05) is 17.7 Å². The Morgan fingerprint density at radius 3 is 3.00 bits per heavy atom. The van der Waals surface area contributed by atoms with Crippen molar-refractivity contribution in [3.63, 3.8) is 0 Å². The zero-order chi connectivity index (χ0) is 16.1. The number of halogens is 2. The lowest BCUT2D eigenvalue weighted by Crippen LogP contribution is -3.18. The zero-order valence-electron chi connectivity index (χ0n) is 12.3. The quantitative estimate of drug-likeness (QED) is 0.765. The van der Waals surface area contributed by atoms with Crippen LogP contribution in [0.25, 0.3) is 0 Å². The summed E-state index contributed by atoms with van der Waals surface area (Å²) in [5, 5.41) is 2.82. The van der Waals surface area contributed by atoms with Gasteiger partial charge in [-0.3, -0.25) is 9.59 Å². The molecular formula is C15H19ClFN2O3+. The molecule has 0 spiro atoms. The zero-order valence-corrected chi connectivity index (χ0v) is 13.1. The van der Waals surface area contributed by atoms with Crippen molar-refractivity contribution in [1.29, 1.82) is 0 Å². The third-order valence-corrected chi connectivity index (χ3v) is 3.95. The fraction of sp³-hybridized carbons (Fsp3) is 0.467. The molecule has 1 saturated heterocycles. The van der Waals surface area contributed by atoms with Gasteiger partial charge in [0.1, 0.15) is 18.8 Å². The number of hydrogen-bond donors (Lipinski definition) is 2. The van der Waals surface area contributed by atoms with E-state index in [0.717, 1.165) is 10.5 Å². The molecule has 7 heteroatoms. The third-order valence-electron chi connectivity index (χ3n) is 3.65. The van der Waals surface area contributed by atoms with Crippen molar-refractivity contribution in [2.75, 3.05) is 19.7 Å². The molecule has 0 radical (unpaired) electrons. The van der Waals surface area contributed by atoms with Gasteiger partial charge in [0.25, 0.3) is 5.91 Å². The topological polar surface area (TPSA) is 59.8 Å². The van der Waals surface area contributed by atoms with Gasteiger partial charge in [-0.15, -0.1) is 0 Å². The van der Waals surface area contributed by atoms with Crippen LogP contribution in [0, 0.1) is 5.82 Å². The maximum Gasteiger partial charge on any atom is 0.312 e. The van der Waals surface area contributed by atoms with Crippen molar-refractivity contribution in [2.24, 2.45) is 0 Å². The van der Waals surface area contributed by atoms with Crippen molar-refractivity contribution >= 4 is 23.5 Å². The van der Waals surface area contributed by atoms with Gasteiger partial charge in [-0.2, -0.15) is 0 Å². The van der Waals surface area contributed by atoms with E-state index >= 15 is 0 Å². The number of nitrogens with one attached hydrogen (secondary N) is 2. The Bertz CT molecular complexity index is 568. The van der Waals surface area contributed by atoms with E-state index in [4.69, 9.17) is 16.3 Å². The molecule has 5 nitrogen and oxygen atoms in total. The summed E-state index contributed by atoms with van der Waals surface area (Å²) < 4.78 is 18.4. The summed E-state index contributed by atoms with van der Waals surface area (Å²) in [6.07, 6.45) is 0.0189. The lowest BCUT2D eigenvalue weighted by molar-refractivity contribution is -0.930. The molecule has 2 atom stereocenters. The summed E-state index contributed by atoms with van der Waals surface area (Å²) in [5.74, 6) is -1.06. The Morgan fingerprint density at radius 1 is 1.55 bits per heavy atom. The van der Waals surface area contributed by atoms with E-state index < -0.39 is 17.8 Å². The molecule has 0 aromatic heterocycles. The van der Waals surface area contributed by atoms with Crippen LogP contribution in [0.2, 0.25) is 5.02 Å². The number of carbonyl (C=O) groups is 2. The Labute approximate surface area is 133 Å². The van der Waals surface area contributed by atoms with Gasteiger partial charge in [0.05, 0.1) is 24.7 Å². The fourth-order valence-electron chi connectivity index (χ4n) is 2.58. The SMILES string of the molecule is CCOC(=O)CC1C(=O)NCC[NH+]1Cc1ccc(Cl)c(F)c1. The highest BCUT2D eigenvalue weighted by Crippen LogP contribution is 2.15. The normalized spacial score (nSPS) is 21.3. The van der Waals surface area contributed by atoms with E-state index in [2.05, 4.69) is 5.32 Å². The molecule has 0 bridgehead atoms. The highest BCUT2D eigenvalue weighted by atomic mass is 35.5. The first kappa shape index (κ1) is 16.7. The molecule has 0 aliphatic carbocycles. The minimum atomic E-state index is -0.522. The Kier molecular flexibility index (Phi) is 5.74. The molecular weight excluding hydrogens is 311 g/mol. The van der Waals surface area contributed by atoms with Crippen LogP contribution in [0.15, 0.2) is 18.2 Å². The maximum atomic E-state index is 13.5. The lowest BCUT2D eigenvalue weighted by Gasteiger charge is -2.31. The van der Waals surface area contributed by atoms with Crippen LogP contribution in [0.1, 0.15) is 18.9 Å². The van der Waals surface area contributed by atoms with Gasteiger partial charge in [-0.25, -0.2) is 4.39 Å². The molecule has 22 heavy (non-hydrogen) atoms. The van der Waals surface area contributed by atoms with Crippen LogP contribution >= 0.6 is 11.6 Å². The number of rotatable bonds is 5. The average molecular weight is 330 g/mol. The van der Waals surface area contributed by atoms with Gasteiger partial charge in [0.15, 0.2) is 6.04 Å². The second-order valence-electron chi connectivity index (χ2n) is 5.19. The van der Waals surface area contributed by atoms with Crippen molar-refractivity contribution in [2.45, 2.75) is 25.9 Å². The van der Waals surface area contributed by atoms with Gasteiger partial charge in [0, 0.05) is 5.56 Å². The molecule has 1 aromatic carbocycles. The van der Waals surface area contributed by atoms with Crippen LogP contribution in [-0.2, 0) is 20.9 Å². The van der Waals surface area contributed by atoms with Crippen molar-refractivity contribution in [1.82, 2.24) is 5.32 Å². The molecule has 2 rings (SSSR count). The number of hydrogen-bond acceptors (Lipinski definition) is 3. The lowest BCUT2D eigenvalue weighted by atomic mass is 10.1. The summed E-state index contributed by atoms with van der Waals surface area (Å²) in [6.45, 7) is 3.65. The highest BCUT2D eigenvalue weighted by molar-refractivity contribution is 6.30. The van der Waals surface area contributed by atoms with Crippen LogP contribution in [0.4, 0.5) is 4.39 Å². The third kappa shape index (κ3) is 4.18. The molecule has 1 aliphatic rings. The molecule has 1 heterocycles. The number of carbonyl (C=O) groups excluding carboxylic acids is 2. The molecule has 2 N–H and O–H groups in total. The van der Waals surface area contributed by atoms with Crippen molar-refractivity contribution < 1.29 is 23.6 Å². The number of esters is 1. The minimum Gasteiger partial charge on any atom is -0.466 e. The van der Waals surface area contributed by atoms with E-state index in [1.165, 1.54) is 12.1 Å². The average Bonchev–Trinajstić information content (AvgIpc) is 2.47. The van der Waals surface area contributed by atoms with E-state index in [1.807, 2.05) is 0 Å². The second kappa shape index (κ2) is 7.56. The Balaban J connectivity index is 2.09. The Morgan fingerprint density at radius 2 is 2.32 bits per heavy atom. The molecule has 120 valence electrons. The molecule has 1 amide bonds. The molecule has 0 saturated carbocycles. The van der Waals surface area contributed by atoms with E-state index in [-0.39, 0.29) is 24.0 Å². The van der Waals surface area contributed by atoms with Crippen molar-refractivity contribution in [3.8, 4) is 0 Å². The Hall–Kier alpha value is -1.66. The second-order valence-corrected chi connectivity index (χ2v) is 5.59. The summed E-state index contributed by atoms with van der Waals surface area (Å²) in [4.78, 5) is 24.6. The first-order valence-electron chi connectivity index (χ1n) is 7.23. The number of amides is 1. The van der Waals surface area contributed by atoms with Crippen molar-refractivity contribution in [3.05, 3.63) is 34.6 Å². The van der Waals surface area contributed by atoms with E-state index in [0.29, 0.717) is 19.6 Å². The number of piperazine rings is 1. The molecule has 2 unspecified atom stereocenters. The van der Waals surface area contributed by atoms with Crippen LogP contribution in [0.3, 0.4) is 0 Å². The highest BCUT2D eigenvalue weighted by Gasteiger charge is 2.35. The monoisotopic (exact) mass is 329 g/mol. The summed E-state index contributed by atoms with van der Waals surface area (Å²) in [6, 6.07) is 4.07. The fourth-order valence-corrected chi connectivity index (χ4v) is 2.69. The summed E-state index contributed by atoms with van der Waals surface area (Å²) in [7, 11) is 0. The first-order valence-corrected chi connectivity index (χ1v) is 7.61. The van der Waals surface area contributed by atoms with Gasteiger partial charge >= 0.3 is 5.97 Å². The van der Waals surface area contributed by atoms with Gasteiger partial charge in [-0.05, 0) is 19.1 Å².